The summed E-state index contributed by atoms with van der Waals surface area (Å²) in [6, 6.07) is 25.9. The Hall–Kier alpha value is -3.70. The van der Waals surface area contributed by atoms with Crippen molar-refractivity contribution >= 4 is 23.8 Å². The van der Waals surface area contributed by atoms with E-state index in [1.165, 1.54) is 5.56 Å². The van der Waals surface area contributed by atoms with Crippen LogP contribution in [0.4, 0.5) is 5.95 Å². The van der Waals surface area contributed by atoms with E-state index in [0.717, 1.165) is 60.1 Å². The minimum atomic E-state index is -0.142. The average molecular weight is 495 g/mol. The van der Waals surface area contributed by atoms with E-state index in [1.807, 2.05) is 60.7 Å². The quantitative estimate of drug-likeness (QED) is 0.257. The Morgan fingerprint density at radius 1 is 0.972 bits per heavy atom. The molecule has 1 fully saturated rings. The Morgan fingerprint density at radius 2 is 1.69 bits per heavy atom. The Morgan fingerprint density at radius 3 is 2.47 bits per heavy atom. The molecule has 5 nitrogen and oxygen atoms in total. The molecule has 6 rings (SSSR count). The molecule has 1 aromatic heterocycles. The van der Waals surface area contributed by atoms with Gasteiger partial charge in [-0.1, -0.05) is 91.2 Å². The number of anilines is 1. The van der Waals surface area contributed by atoms with E-state index in [-0.39, 0.29) is 11.0 Å². The second-order valence-electron chi connectivity index (χ2n) is 9.78. The van der Waals surface area contributed by atoms with Crippen molar-refractivity contribution in [2.75, 3.05) is 5.43 Å². The molecule has 180 valence electrons. The van der Waals surface area contributed by atoms with E-state index >= 15 is 0 Å². The summed E-state index contributed by atoms with van der Waals surface area (Å²) in [7, 11) is 0. The van der Waals surface area contributed by atoms with Gasteiger partial charge in [0.25, 0.3) is 5.56 Å². The van der Waals surface area contributed by atoms with Crippen LogP contribution >= 0.6 is 11.6 Å². The third kappa shape index (κ3) is 4.14. The van der Waals surface area contributed by atoms with Crippen LogP contribution in [0, 0.1) is 0 Å². The fourth-order valence-corrected chi connectivity index (χ4v) is 5.90. The molecule has 0 bridgehead atoms. The van der Waals surface area contributed by atoms with Crippen molar-refractivity contribution in [3.63, 3.8) is 0 Å². The van der Waals surface area contributed by atoms with Crippen LogP contribution in [0.15, 0.2) is 88.8 Å². The number of aromatic nitrogens is 2. The molecular formula is C30H27ClN4O. The summed E-state index contributed by atoms with van der Waals surface area (Å²) in [6.45, 7) is 0.427. The van der Waals surface area contributed by atoms with Crippen LogP contribution in [0.25, 0.3) is 11.3 Å². The highest BCUT2D eigenvalue weighted by Crippen LogP contribution is 2.49. The molecule has 1 saturated carbocycles. The summed E-state index contributed by atoms with van der Waals surface area (Å²) >= 11 is 6.01. The summed E-state index contributed by atoms with van der Waals surface area (Å²) in [5.41, 5.74) is 8.93. The van der Waals surface area contributed by atoms with Gasteiger partial charge in [0, 0.05) is 16.0 Å². The molecule has 0 saturated heterocycles. The van der Waals surface area contributed by atoms with Crippen molar-refractivity contribution in [1.29, 1.82) is 0 Å². The Labute approximate surface area is 215 Å². The summed E-state index contributed by atoms with van der Waals surface area (Å²) in [4.78, 5) is 19.4. The maximum Gasteiger partial charge on any atom is 0.259 e. The standard InChI is InChI=1S/C30H27ClN4O/c31-24-14-12-21(13-15-24)19-32-34-29-33-27-25-11-5-4-10-23(25)18-30(16-6-7-17-30)26(27)28(36)35(29)20-22-8-2-1-3-9-22/h1-5,8-15,19H,6-7,16-18,20H2,(H,33,34)/b32-19+. The largest absolute Gasteiger partial charge is 0.273 e. The van der Waals surface area contributed by atoms with Crippen molar-refractivity contribution in [2.24, 2.45) is 5.10 Å². The highest BCUT2D eigenvalue weighted by Gasteiger charge is 2.44. The number of hydrazone groups is 1. The Bertz CT molecular complexity index is 1490. The van der Waals surface area contributed by atoms with Gasteiger partial charge in [0.2, 0.25) is 5.95 Å². The van der Waals surface area contributed by atoms with Gasteiger partial charge < -0.3 is 0 Å². The molecule has 3 aromatic carbocycles. The van der Waals surface area contributed by atoms with Crippen LogP contribution in [-0.2, 0) is 18.4 Å². The molecule has 36 heavy (non-hydrogen) atoms. The van der Waals surface area contributed by atoms with Gasteiger partial charge in [-0.25, -0.2) is 10.4 Å². The third-order valence-electron chi connectivity index (χ3n) is 7.49. The molecule has 2 aliphatic carbocycles. The van der Waals surface area contributed by atoms with Crippen molar-refractivity contribution in [1.82, 2.24) is 9.55 Å². The second-order valence-corrected chi connectivity index (χ2v) is 10.2. The fraction of sp³-hybridized carbons (Fsp3) is 0.233. The lowest BCUT2D eigenvalue weighted by Gasteiger charge is -2.36. The second kappa shape index (κ2) is 9.40. The molecular weight excluding hydrogens is 468 g/mol. The lowest BCUT2D eigenvalue weighted by molar-refractivity contribution is 0.422. The van der Waals surface area contributed by atoms with Crippen molar-refractivity contribution in [2.45, 2.75) is 44.1 Å². The SMILES string of the molecule is O=c1c2c(nc(N/N=C/c3ccc(Cl)cc3)n1Cc1ccccc1)-c1ccccc1CC21CCCC1. The number of hydrogen-bond acceptors (Lipinski definition) is 4. The molecule has 0 atom stereocenters. The van der Waals surface area contributed by atoms with Crippen molar-refractivity contribution < 1.29 is 0 Å². The molecule has 1 heterocycles. The average Bonchev–Trinajstić information content (AvgIpc) is 3.36. The van der Waals surface area contributed by atoms with Gasteiger partial charge in [-0.2, -0.15) is 5.10 Å². The highest BCUT2D eigenvalue weighted by molar-refractivity contribution is 6.30. The van der Waals surface area contributed by atoms with Crippen LogP contribution in [0.5, 0.6) is 0 Å². The minimum Gasteiger partial charge on any atom is -0.273 e. The summed E-state index contributed by atoms with van der Waals surface area (Å²) in [5.74, 6) is 0.442. The predicted molar refractivity (Wildman–Crippen MR) is 146 cm³/mol. The zero-order chi connectivity index (χ0) is 24.5. The van der Waals surface area contributed by atoms with E-state index in [2.05, 4.69) is 28.7 Å². The van der Waals surface area contributed by atoms with E-state index in [0.29, 0.717) is 17.5 Å². The van der Waals surface area contributed by atoms with Gasteiger partial charge in [0.15, 0.2) is 0 Å². The Kier molecular flexibility index (Phi) is 5.94. The smallest absolute Gasteiger partial charge is 0.259 e. The molecule has 1 N–H and O–H groups in total. The first-order chi connectivity index (χ1) is 17.6. The lowest BCUT2D eigenvalue weighted by atomic mass is 9.68. The minimum absolute atomic E-state index is 0.0319. The third-order valence-corrected chi connectivity index (χ3v) is 7.75. The molecule has 0 unspecified atom stereocenters. The normalized spacial score (nSPS) is 15.7. The first-order valence-electron chi connectivity index (χ1n) is 12.5. The fourth-order valence-electron chi connectivity index (χ4n) is 5.78. The van der Waals surface area contributed by atoms with Gasteiger partial charge in [-0.3, -0.25) is 9.36 Å². The van der Waals surface area contributed by atoms with Gasteiger partial charge in [0.05, 0.1) is 24.0 Å². The van der Waals surface area contributed by atoms with Crippen molar-refractivity contribution in [3.05, 3.63) is 116 Å². The van der Waals surface area contributed by atoms with E-state index < -0.39 is 0 Å². The molecule has 2 aliphatic rings. The first-order valence-corrected chi connectivity index (χ1v) is 12.8. The van der Waals surface area contributed by atoms with Crippen molar-refractivity contribution in [3.8, 4) is 11.3 Å². The number of rotatable bonds is 5. The number of nitrogens with one attached hydrogen (secondary N) is 1. The van der Waals surface area contributed by atoms with Crippen LogP contribution in [-0.4, -0.2) is 15.8 Å². The monoisotopic (exact) mass is 494 g/mol. The van der Waals surface area contributed by atoms with Crippen LogP contribution < -0.4 is 11.0 Å². The molecule has 6 heteroatoms. The zero-order valence-corrected chi connectivity index (χ0v) is 20.7. The Balaban J connectivity index is 1.50. The number of benzene rings is 3. The highest BCUT2D eigenvalue weighted by atomic mass is 35.5. The van der Waals surface area contributed by atoms with E-state index in [4.69, 9.17) is 16.6 Å². The number of fused-ring (bicyclic) bond motifs is 4. The molecule has 1 spiro atoms. The lowest BCUT2D eigenvalue weighted by Crippen LogP contribution is -2.40. The van der Waals surface area contributed by atoms with Gasteiger partial charge in [0.1, 0.15) is 0 Å². The summed E-state index contributed by atoms with van der Waals surface area (Å²) < 4.78 is 1.75. The van der Waals surface area contributed by atoms with Crippen LogP contribution in [0.3, 0.4) is 0 Å². The van der Waals surface area contributed by atoms with Crippen LogP contribution in [0.1, 0.15) is 47.9 Å². The molecule has 0 amide bonds. The van der Waals surface area contributed by atoms with Gasteiger partial charge in [-0.15, -0.1) is 0 Å². The van der Waals surface area contributed by atoms with Gasteiger partial charge >= 0.3 is 0 Å². The van der Waals surface area contributed by atoms with Crippen LogP contribution in [0.2, 0.25) is 5.02 Å². The number of halogens is 1. The zero-order valence-electron chi connectivity index (χ0n) is 20.0. The summed E-state index contributed by atoms with van der Waals surface area (Å²) in [5, 5.41) is 5.11. The number of nitrogens with zero attached hydrogens (tertiary/aromatic N) is 3. The molecule has 0 aliphatic heterocycles. The van der Waals surface area contributed by atoms with E-state index in [1.54, 1.807) is 10.8 Å². The van der Waals surface area contributed by atoms with E-state index in [9.17, 15) is 4.79 Å². The maximum atomic E-state index is 14.3. The van der Waals surface area contributed by atoms with Gasteiger partial charge in [-0.05, 0) is 48.1 Å². The molecule has 4 aromatic rings. The molecule has 0 radical (unpaired) electrons. The predicted octanol–water partition coefficient (Wildman–Crippen LogP) is 6.43. The number of hydrogen-bond donors (Lipinski definition) is 1. The first kappa shape index (κ1) is 22.7. The maximum absolute atomic E-state index is 14.3. The topological polar surface area (TPSA) is 59.3 Å². The summed E-state index contributed by atoms with van der Waals surface area (Å²) in [6.07, 6.45) is 6.95.